The average molecular weight is 143 g/mol. The molecule has 1 aliphatic heterocycles. The van der Waals surface area contributed by atoms with Gasteiger partial charge < -0.3 is 10.3 Å². The van der Waals surface area contributed by atoms with Gasteiger partial charge in [-0.2, -0.15) is 4.74 Å². The van der Waals surface area contributed by atoms with Gasteiger partial charge in [0.15, 0.2) is 5.71 Å². The van der Waals surface area contributed by atoms with Gasteiger partial charge in [-0.05, 0) is 0 Å². The second-order valence-corrected chi connectivity index (χ2v) is 3.60. The summed E-state index contributed by atoms with van der Waals surface area (Å²) in [5.74, 6) is 0. The van der Waals surface area contributed by atoms with E-state index in [0.29, 0.717) is 11.2 Å². The number of nitrogens with zero attached hydrogens (tertiary/aromatic N) is 1. The van der Waals surface area contributed by atoms with Crippen LogP contribution in [0, 0.1) is 10.6 Å². The summed E-state index contributed by atoms with van der Waals surface area (Å²) >= 11 is 0. The lowest BCUT2D eigenvalue weighted by atomic mass is 9.89. The highest BCUT2D eigenvalue weighted by Gasteiger charge is 2.42. The fraction of sp³-hybridized carbons (Fsp3) is 0.857. The van der Waals surface area contributed by atoms with Crippen molar-refractivity contribution >= 4 is 5.71 Å². The molecule has 3 heteroatoms. The number of hydrogen-bond donors (Lipinski definition) is 1. The maximum atomic E-state index is 11.0. The summed E-state index contributed by atoms with van der Waals surface area (Å²) in [4.78, 5) is 0. The summed E-state index contributed by atoms with van der Waals surface area (Å²) in [6.07, 6.45) is -0.162. The first kappa shape index (κ1) is 7.54. The molecule has 1 heterocycles. The number of aliphatic hydroxyl groups excluding tert-OH is 1. The fourth-order valence-electron chi connectivity index (χ4n) is 1.35. The smallest absolute Gasteiger partial charge is 0.270 e. The predicted molar refractivity (Wildman–Crippen MR) is 38.7 cm³/mol. The molecule has 3 nitrogen and oxygen atoms in total. The summed E-state index contributed by atoms with van der Waals surface area (Å²) in [5.41, 5.74) is 0.448. The number of hydrogen-bond acceptors (Lipinski definition) is 2. The quantitative estimate of drug-likeness (QED) is 0.401. The summed E-state index contributed by atoms with van der Waals surface area (Å²) in [5, 5.41) is 20.2. The molecule has 1 atom stereocenters. The van der Waals surface area contributed by atoms with E-state index in [1.807, 2.05) is 13.8 Å². The SMILES string of the molecule is CC1=[N+]([O-])C(O)C(C)(C)C1. The highest BCUT2D eigenvalue weighted by molar-refractivity contribution is 5.79. The third kappa shape index (κ3) is 0.904. The fourth-order valence-corrected chi connectivity index (χ4v) is 1.35. The zero-order chi connectivity index (χ0) is 7.94. The van der Waals surface area contributed by atoms with Gasteiger partial charge in [-0.3, -0.25) is 0 Å². The van der Waals surface area contributed by atoms with E-state index >= 15 is 0 Å². The highest BCUT2D eigenvalue weighted by Crippen LogP contribution is 2.31. The van der Waals surface area contributed by atoms with Gasteiger partial charge in [0.25, 0.3) is 6.23 Å². The molecule has 0 saturated heterocycles. The van der Waals surface area contributed by atoms with Crippen LogP contribution in [-0.4, -0.2) is 21.8 Å². The van der Waals surface area contributed by atoms with Crippen molar-refractivity contribution < 1.29 is 9.85 Å². The first-order valence-electron chi connectivity index (χ1n) is 3.42. The number of aliphatic hydroxyl groups is 1. The average Bonchev–Trinajstić information content (AvgIpc) is 1.95. The van der Waals surface area contributed by atoms with Gasteiger partial charge in [0.1, 0.15) is 0 Å². The maximum absolute atomic E-state index is 11.0. The molecule has 0 saturated carbocycles. The van der Waals surface area contributed by atoms with E-state index in [4.69, 9.17) is 0 Å². The second kappa shape index (κ2) is 1.95. The van der Waals surface area contributed by atoms with E-state index in [9.17, 15) is 10.3 Å². The first-order valence-corrected chi connectivity index (χ1v) is 3.42. The van der Waals surface area contributed by atoms with Crippen molar-refractivity contribution in [3.05, 3.63) is 5.21 Å². The summed E-state index contributed by atoms with van der Waals surface area (Å²) in [6, 6.07) is 0. The van der Waals surface area contributed by atoms with Gasteiger partial charge in [-0.1, -0.05) is 13.8 Å². The highest BCUT2D eigenvalue weighted by atomic mass is 16.5. The zero-order valence-electron chi connectivity index (χ0n) is 6.59. The van der Waals surface area contributed by atoms with Gasteiger partial charge in [-0.25, -0.2) is 0 Å². The van der Waals surface area contributed by atoms with Crippen LogP contribution in [0.15, 0.2) is 0 Å². The minimum Gasteiger partial charge on any atom is -0.622 e. The Bertz CT molecular complexity index is 184. The third-order valence-electron chi connectivity index (χ3n) is 2.01. The van der Waals surface area contributed by atoms with Crippen molar-refractivity contribution in [3.8, 4) is 0 Å². The van der Waals surface area contributed by atoms with Gasteiger partial charge in [-0.15, -0.1) is 0 Å². The molecular weight excluding hydrogens is 130 g/mol. The van der Waals surface area contributed by atoms with Crippen molar-refractivity contribution in [1.82, 2.24) is 0 Å². The molecule has 0 bridgehead atoms. The molecule has 0 aromatic carbocycles. The molecule has 0 aromatic rings. The van der Waals surface area contributed by atoms with Crippen molar-refractivity contribution in [1.29, 1.82) is 0 Å². The van der Waals surface area contributed by atoms with Crippen molar-refractivity contribution in [3.63, 3.8) is 0 Å². The van der Waals surface area contributed by atoms with Gasteiger partial charge in [0.05, 0.1) is 5.41 Å². The summed E-state index contributed by atoms with van der Waals surface area (Å²) in [7, 11) is 0. The van der Waals surface area contributed by atoms with Crippen LogP contribution in [-0.2, 0) is 0 Å². The van der Waals surface area contributed by atoms with Gasteiger partial charge in [0.2, 0.25) is 0 Å². The van der Waals surface area contributed by atoms with E-state index in [-0.39, 0.29) is 5.41 Å². The summed E-state index contributed by atoms with van der Waals surface area (Å²) < 4.78 is 0.694. The molecule has 0 radical (unpaired) electrons. The van der Waals surface area contributed by atoms with Gasteiger partial charge in [0, 0.05) is 13.3 Å². The minimum atomic E-state index is -0.854. The molecule has 0 fully saturated rings. The minimum absolute atomic E-state index is 0.272. The standard InChI is InChI=1S/C7H13NO2/c1-5-4-7(2,3)6(9)8(5)10/h6,9H,4H2,1-3H3. The van der Waals surface area contributed by atoms with E-state index in [1.165, 1.54) is 0 Å². The third-order valence-corrected chi connectivity index (χ3v) is 2.01. The Hall–Kier alpha value is -0.570. The molecule has 10 heavy (non-hydrogen) atoms. The zero-order valence-corrected chi connectivity index (χ0v) is 6.59. The molecular formula is C7H13NO2. The maximum Gasteiger partial charge on any atom is 0.270 e. The van der Waals surface area contributed by atoms with E-state index < -0.39 is 6.23 Å². The summed E-state index contributed by atoms with van der Waals surface area (Å²) in [6.45, 7) is 5.53. The van der Waals surface area contributed by atoms with Crippen LogP contribution in [0.5, 0.6) is 0 Å². The Kier molecular flexibility index (Phi) is 1.47. The Morgan fingerprint density at radius 3 is 2.30 bits per heavy atom. The lowest BCUT2D eigenvalue weighted by Crippen LogP contribution is -2.30. The van der Waals surface area contributed by atoms with Crippen LogP contribution in [0.4, 0.5) is 0 Å². The lowest BCUT2D eigenvalue weighted by Gasteiger charge is -2.18. The molecule has 1 N–H and O–H groups in total. The number of hydroxylamine groups is 1. The van der Waals surface area contributed by atoms with E-state index in [1.54, 1.807) is 6.92 Å². The van der Waals surface area contributed by atoms with E-state index in [2.05, 4.69) is 0 Å². The normalized spacial score (nSPS) is 31.4. The number of rotatable bonds is 0. The Morgan fingerprint density at radius 1 is 1.70 bits per heavy atom. The lowest BCUT2D eigenvalue weighted by molar-refractivity contribution is -0.558. The van der Waals surface area contributed by atoms with Gasteiger partial charge >= 0.3 is 0 Å². The van der Waals surface area contributed by atoms with Crippen LogP contribution in [0.2, 0.25) is 0 Å². The Balaban J connectivity index is 2.87. The molecule has 0 aromatic heterocycles. The molecule has 58 valence electrons. The molecule has 0 aliphatic carbocycles. The Morgan fingerprint density at radius 2 is 2.20 bits per heavy atom. The molecule has 1 aliphatic rings. The van der Waals surface area contributed by atoms with Crippen LogP contribution in [0.25, 0.3) is 0 Å². The first-order chi connectivity index (χ1) is 4.45. The molecule has 0 spiro atoms. The Labute approximate surface area is 60.6 Å². The van der Waals surface area contributed by atoms with Crippen LogP contribution >= 0.6 is 0 Å². The topological polar surface area (TPSA) is 46.3 Å². The molecule has 0 amide bonds. The molecule has 1 rings (SSSR count). The van der Waals surface area contributed by atoms with E-state index in [0.717, 1.165) is 5.71 Å². The largest absolute Gasteiger partial charge is 0.622 e. The van der Waals surface area contributed by atoms with Crippen LogP contribution in [0.1, 0.15) is 27.2 Å². The van der Waals surface area contributed by atoms with Crippen LogP contribution < -0.4 is 0 Å². The second-order valence-electron chi connectivity index (χ2n) is 3.60. The predicted octanol–water partition coefficient (Wildman–Crippen LogP) is 0.706. The van der Waals surface area contributed by atoms with Crippen molar-refractivity contribution in [2.24, 2.45) is 5.41 Å². The van der Waals surface area contributed by atoms with Crippen molar-refractivity contribution in [2.45, 2.75) is 33.4 Å². The van der Waals surface area contributed by atoms with Crippen molar-refractivity contribution in [2.75, 3.05) is 0 Å². The monoisotopic (exact) mass is 143 g/mol. The molecule has 1 unspecified atom stereocenters. The van der Waals surface area contributed by atoms with Crippen LogP contribution in [0.3, 0.4) is 0 Å².